The summed E-state index contributed by atoms with van der Waals surface area (Å²) in [5.41, 5.74) is 1.67. The summed E-state index contributed by atoms with van der Waals surface area (Å²) in [5, 5.41) is 8.90. The van der Waals surface area contributed by atoms with Gasteiger partial charge in [-0.25, -0.2) is 8.42 Å². The lowest BCUT2D eigenvalue weighted by Crippen LogP contribution is -2.55. The van der Waals surface area contributed by atoms with Crippen LogP contribution in [0.2, 0.25) is 0 Å². The summed E-state index contributed by atoms with van der Waals surface area (Å²) >= 11 is 1.15. The highest BCUT2D eigenvalue weighted by molar-refractivity contribution is 7.91. The molecule has 0 saturated carbocycles. The average Bonchev–Trinajstić information content (AvgIpc) is 3.30. The SMILES string of the molecule is CC1CN(C(=O)c2ccccc2)CCN1S(=O)(=O)c1ccc(-c2ccc(C#N)cn2)s1. The largest absolute Gasteiger partial charge is 0.336 e. The van der Waals surface area contributed by atoms with Gasteiger partial charge in [-0.2, -0.15) is 9.57 Å². The molecule has 7 nitrogen and oxygen atoms in total. The fourth-order valence-corrected chi connectivity index (χ4v) is 6.59. The van der Waals surface area contributed by atoms with Crippen LogP contribution in [0.5, 0.6) is 0 Å². The Morgan fingerprint density at radius 3 is 2.55 bits per heavy atom. The molecule has 2 aromatic heterocycles. The highest BCUT2D eigenvalue weighted by Gasteiger charge is 2.36. The number of amides is 1. The van der Waals surface area contributed by atoms with E-state index in [0.717, 1.165) is 11.3 Å². The molecule has 158 valence electrons. The van der Waals surface area contributed by atoms with Crippen LogP contribution in [-0.2, 0) is 10.0 Å². The number of piperazine rings is 1. The van der Waals surface area contributed by atoms with Crippen LogP contribution in [0.15, 0.2) is 65.0 Å². The number of hydrogen-bond donors (Lipinski definition) is 0. The summed E-state index contributed by atoms with van der Waals surface area (Å²) in [6, 6.07) is 17.4. The lowest BCUT2D eigenvalue weighted by Gasteiger charge is -2.38. The van der Waals surface area contributed by atoms with E-state index in [1.54, 1.807) is 41.3 Å². The van der Waals surface area contributed by atoms with Gasteiger partial charge in [-0.05, 0) is 43.3 Å². The molecule has 1 aliphatic heterocycles. The third-order valence-corrected chi connectivity index (χ3v) is 8.75. The van der Waals surface area contributed by atoms with Gasteiger partial charge in [0, 0.05) is 37.4 Å². The van der Waals surface area contributed by atoms with E-state index in [9.17, 15) is 13.2 Å². The molecule has 0 bridgehead atoms. The Morgan fingerprint density at radius 1 is 1.13 bits per heavy atom. The number of rotatable bonds is 4. The Kier molecular flexibility index (Phi) is 5.87. The molecular weight excluding hydrogens is 432 g/mol. The van der Waals surface area contributed by atoms with E-state index in [0.29, 0.717) is 34.8 Å². The van der Waals surface area contributed by atoms with E-state index in [4.69, 9.17) is 5.26 Å². The van der Waals surface area contributed by atoms with E-state index in [1.807, 2.05) is 31.2 Å². The van der Waals surface area contributed by atoms with Crippen molar-refractivity contribution in [1.82, 2.24) is 14.2 Å². The molecule has 1 fully saturated rings. The normalized spacial score (nSPS) is 17.3. The maximum Gasteiger partial charge on any atom is 0.253 e. The average molecular weight is 453 g/mol. The van der Waals surface area contributed by atoms with Crippen LogP contribution >= 0.6 is 11.3 Å². The minimum Gasteiger partial charge on any atom is -0.336 e. The maximum absolute atomic E-state index is 13.3. The zero-order valence-corrected chi connectivity index (χ0v) is 18.4. The van der Waals surface area contributed by atoms with Crippen molar-refractivity contribution in [2.75, 3.05) is 19.6 Å². The molecule has 1 saturated heterocycles. The standard InChI is InChI=1S/C22H20N4O3S2/c1-16-15-25(22(27)18-5-3-2-4-6-18)11-12-26(16)31(28,29)21-10-9-20(30-21)19-8-7-17(13-23)14-24-19/h2-10,14,16H,11-12,15H2,1H3. The second-order valence-corrected chi connectivity index (χ2v) is 10.4. The van der Waals surface area contributed by atoms with E-state index in [2.05, 4.69) is 4.98 Å². The monoisotopic (exact) mass is 452 g/mol. The molecule has 9 heteroatoms. The van der Waals surface area contributed by atoms with E-state index in [-0.39, 0.29) is 22.7 Å². The van der Waals surface area contributed by atoms with Crippen molar-refractivity contribution in [2.45, 2.75) is 17.2 Å². The van der Waals surface area contributed by atoms with Crippen LogP contribution in [0.1, 0.15) is 22.8 Å². The number of carbonyl (C=O) groups is 1. The van der Waals surface area contributed by atoms with Crippen molar-refractivity contribution in [3.8, 4) is 16.6 Å². The molecule has 31 heavy (non-hydrogen) atoms. The van der Waals surface area contributed by atoms with Gasteiger partial charge in [0.15, 0.2) is 0 Å². The zero-order chi connectivity index (χ0) is 22.0. The van der Waals surface area contributed by atoms with Crippen molar-refractivity contribution < 1.29 is 13.2 Å². The number of hydrogen-bond acceptors (Lipinski definition) is 6. The van der Waals surface area contributed by atoms with Crippen LogP contribution in [0.25, 0.3) is 10.6 Å². The summed E-state index contributed by atoms with van der Waals surface area (Å²) in [7, 11) is -3.69. The van der Waals surface area contributed by atoms with Gasteiger partial charge >= 0.3 is 0 Å². The minimum atomic E-state index is -3.69. The minimum absolute atomic E-state index is 0.0881. The number of nitrogens with zero attached hydrogens (tertiary/aromatic N) is 4. The Morgan fingerprint density at radius 2 is 1.90 bits per heavy atom. The summed E-state index contributed by atoms with van der Waals surface area (Å²) in [6.45, 7) is 2.73. The molecule has 1 aliphatic rings. The molecule has 0 radical (unpaired) electrons. The predicted octanol–water partition coefficient (Wildman–Crippen LogP) is 3.22. The lowest BCUT2D eigenvalue weighted by molar-refractivity contribution is 0.0642. The van der Waals surface area contributed by atoms with Crippen molar-refractivity contribution >= 4 is 27.3 Å². The second kappa shape index (κ2) is 8.59. The van der Waals surface area contributed by atoms with Crippen molar-refractivity contribution in [1.29, 1.82) is 5.26 Å². The van der Waals surface area contributed by atoms with Gasteiger partial charge in [-0.15, -0.1) is 11.3 Å². The number of carbonyl (C=O) groups excluding carboxylic acids is 1. The van der Waals surface area contributed by atoms with Gasteiger partial charge in [0.25, 0.3) is 15.9 Å². The first kappa shape index (κ1) is 21.2. The van der Waals surface area contributed by atoms with E-state index >= 15 is 0 Å². The van der Waals surface area contributed by atoms with Crippen LogP contribution < -0.4 is 0 Å². The third-order valence-electron chi connectivity index (χ3n) is 5.16. The molecule has 4 rings (SSSR count). The quantitative estimate of drug-likeness (QED) is 0.606. The van der Waals surface area contributed by atoms with Gasteiger partial charge in [0.05, 0.1) is 16.1 Å². The van der Waals surface area contributed by atoms with Gasteiger partial charge in [-0.1, -0.05) is 18.2 Å². The van der Waals surface area contributed by atoms with Crippen LogP contribution in [-0.4, -0.2) is 54.2 Å². The summed E-state index contributed by atoms with van der Waals surface area (Å²) in [5.74, 6) is -0.0881. The van der Waals surface area contributed by atoms with Gasteiger partial charge in [0.1, 0.15) is 10.3 Å². The van der Waals surface area contributed by atoms with Crippen LogP contribution in [0, 0.1) is 11.3 Å². The fraction of sp³-hybridized carbons (Fsp3) is 0.227. The van der Waals surface area contributed by atoms with Crippen molar-refractivity contribution in [3.63, 3.8) is 0 Å². The molecule has 1 amide bonds. The summed E-state index contributed by atoms with van der Waals surface area (Å²) in [6.07, 6.45) is 1.47. The molecule has 1 aromatic carbocycles. The topological polar surface area (TPSA) is 94.4 Å². The third kappa shape index (κ3) is 4.23. The van der Waals surface area contributed by atoms with Crippen LogP contribution in [0.3, 0.4) is 0 Å². The highest BCUT2D eigenvalue weighted by atomic mass is 32.2. The van der Waals surface area contributed by atoms with E-state index in [1.165, 1.54) is 10.5 Å². The van der Waals surface area contributed by atoms with Gasteiger partial charge in [0.2, 0.25) is 0 Å². The van der Waals surface area contributed by atoms with Crippen molar-refractivity contribution in [3.05, 3.63) is 71.9 Å². The smallest absolute Gasteiger partial charge is 0.253 e. The predicted molar refractivity (Wildman–Crippen MR) is 118 cm³/mol. The molecule has 3 heterocycles. The molecule has 1 unspecified atom stereocenters. The summed E-state index contributed by atoms with van der Waals surface area (Å²) < 4.78 is 28.2. The number of benzene rings is 1. The number of nitriles is 1. The van der Waals surface area contributed by atoms with Gasteiger partial charge < -0.3 is 4.90 Å². The van der Waals surface area contributed by atoms with Crippen LogP contribution in [0.4, 0.5) is 0 Å². The van der Waals surface area contributed by atoms with Crippen molar-refractivity contribution in [2.24, 2.45) is 0 Å². The Bertz CT molecular complexity index is 1230. The Balaban J connectivity index is 1.50. The number of pyridine rings is 1. The molecular formula is C22H20N4O3S2. The Hall–Kier alpha value is -3.06. The first-order chi connectivity index (χ1) is 14.9. The first-order valence-electron chi connectivity index (χ1n) is 9.72. The molecule has 0 spiro atoms. The Labute approximate surface area is 185 Å². The number of sulfonamides is 1. The molecule has 3 aromatic rings. The highest BCUT2D eigenvalue weighted by Crippen LogP contribution is 2.32. The van der Waals surface area contributed by atoms with E-state index < -0.39 is 10.0 Å². The summed E-state index contributed by atoms with van der Waals surface area (Å²) in [4.78, 5) is 19.4. The second-order valence-electron chi connectivity index (χ2n) is 7.24. The lowest BCUT2D eigenvalue weighted by atomic mass is 10.1. The molecule has 0 aliphatic carbocycles. The molecule has 1 atom stereocenters. The number of aromatic nitrogens is 1. The maximum atomic E-state index is 13.3. The fourth-order valence-electron chi connectivity index (χ4n) is 3.56. The first-order valence-corrected chi connectivity index (χ1v) is 12.0. The molecule has 0 N–H and O–H groups in total. The zero-order valence-electron chi connectivity index (χ0n) is 16.8. The van der Waals surface area contributed by atoms with Gasteiger partial charge in [-0.3, -0.25) is 9.78 Å². The number of thiophene rings is 1.